The fourth-order valence-corrected chi connectivity index (χ4v) is 5.45. The highest BCUT2D eigenvalue weighted by atomic mass is 79.9. The summed E-state index contributed by atoms with van der Waals surface area (Å²) in [6, 6.07) is 10.1. The lowest BCUT2D eigenvalue weighted by Gasteiger charge is -2.12. The molecule has 0 atom stereocenters. The van der Waals surface area contributed by atoms with E-state index in [0.29, 0.717) is 31.4 Å². The van der Waals surface area contributed by atoms with Crippen LogP contribution in [0.1, 0.15) is 16.9 Å². The first-order valence-corrected chi connectivity index (χ1v) is 12.7. The first-order valence-electron chi connectivity index (χ1n) is 10.3. The number of ether oxygens (including phenoxy) is 2. The highest BCUT2D eigenvalue weighted by Gasteiger charge is 2.34. The zero-order valence-corrected chi connectivity index (χ0v) is 22.9. The van der Waals surface area contributed by atoms with Crippen molar-refractivity contribution >= 4 is 67.0 Å². The molecule has 1 aliphatic heterocycles. The Morgan fingerprint density at radius 1 is 1.11 bits per heavy atom. The lowest BCUT2D eigenvalue weighted by atomic mass is 10.1. The number of amides is 1. The number of furan rings is 1. The van der Waals surface area contributed by atoms with Crippen LogP contribution >= 0.6 is 43.6 Å². The van der Waals surface area contributed by atoms with E-state index in [2.05, 4.69) is 42.1 Å². The number of aromatic hydroxyl groups is 2. The second-order valence-corrected chi connectivity index (χ2v) is 10.1. The van der Waals surface area contributed by atoms with Gasteiger partial charge in [-0.3, -0.25) is 9.69 Å². The maximum absolute atomic E-state index is 13.3. The van der Waals surface area contributed by atoms with Gasteiger partial charge in [0.05, 0.1) is 42.6 Å². The van der Waals surface area contributed by atoms with Gasteiger partial charge in [-0.2, -0.15) is 5.10 Å². The maximum Gasteiger partial charge on any atom is 0.267 e. The number of benzene rings is 2. The van der Waals surface area contributed by atoms with Crippen LogP contribution in [-0.2, 0) is 11.3 Å². The second kappa shape index (κ2) is 11.2. The molecule has 4 rings (SSSR count). The molecule has 0 saturated carbocycles. The molecule has 0 unspecified atom stereocenters. The quantitative estimate of drug-likeness (QED) is 0.193. The van der Waals surface area contributed by atoms with E-state index in [1.165, 1.54) is 31.6 Å². The van der Waals surface area contributed by atoms with Gasteiger partial charge < -0.3 is 24.1 Å². The fourth-order valence-electron chi connectivity index (χ4n) is 3.25. The number of rotatable bonds is 7. The Morgan fingerprint density at radius 2 is 1.83 bits per heavy atom. The van der Waals surface area contributed by atoms with E-state index in [0.717, 1.165) is 16.2 Å². The molecule has 1 aliphatic rings. The molecule has 186 valence electrons. The number of hydrogen-bond acceptors (Lipinski definition) is 9. The summed E-state index contributed by atoms with van der Waals surface area (Å²) < 4.78 is 17.1. The molecule has 0 radical (unpaired) electrons. The van der Waals surface area contributed by atoms with Crippen molar-refractivity contribution < 1.29 is 28.9 Å². The van der Waals surface area contributed by atoms with Gasteiger partial charge in [0.1, 0.15) is 11.5 Å². The minimum Gasteiger partial charge on any atom is -0.506 e. The third-order valence-electron chi connectivity index (χ3n) is 4.98. The summed E-state index contributed by atoms with van der Waals surface area (Å²) >= 11 is 7.78. The molecule has 2 N–H and O–H groups in total. The normalized spacial score (nSPS) is 16.0. The molecule has 0 bridgehead atoms. The van der Waals surface area contributed by atoms with E-state index in [-0.39, 0.29) is 35.4 Å². The number of hydrogen-bond donors (Lipinski definition) is 2. The second-order valence-electron chi connectivity index (χ2n) is 7.31. The van der Waals surface area contributed by atoms with Crippen molar-refractivity contribution in [2.24, 2.45) is 10.2 Å². The van der Waals surface area contributed by atoms with Crippen molar-refractivity contribution in [3.05, 3.63) is 73.4 Å². The molecule has 36 heavy (non-hydrogen) atoms. The van der Waals surface area contributed by atoms with Crippen LogP contribution in [0.15, 0.2) is 71.1 Å². The predicted octanol–water partition coefficient (Wildman–Crippen LogP) is 5.74. The van der Waals surface area contributed by atoms with E-state index in [9.17, 15) is 15.0 Å². The van der Waals surface area contributed by atoms with E-state index < -0.39 is 0 Å². The van der Waals surface area contributed by atoms with Crippen molar-refractivity contribution in [3.8, 4) is 23.0 Å². The van der Waals surface area contributed by atoms with E-state index in [4.69, 9.17) is 13.9 Å². The van der Waals surface area contributed by atoms with Crippen molar-refractivity contribution in [2.45, 2.75) is 6.54 Å². The molecule has 0 spiro atoms. The number of methoxy groups -OCH3 is 2. The van der Waals surface area contributed by atoms with Crippen LogP contribution < -0.4 is 9.47 Å². The molecule has 12 heteroatoms. The fraction of sp³-hybridized carbons (Fsp3) is 0.125. The van der Waals surface area contributed by atoms with Gasteiger partial charge in [-0.1, -0.05) is 15.9 Å². The van der Waals surface area contributed by atoms with Crippen molar-refractivity contribution in [3.63, 3.8) is 0 Å². The first kappa shape index (κ1) is 25.9. The minimum absolute atomic E-state index is 0.0144. The molecular formula is C24H19Br2N3O6S. The van der Waals surface area contributed by atoms with Crippen LogP contribution in [0, 0.1) is 0 Å². The molecular weight excluding hydrogens is 618 g/mol. The van der Waals surface area contributed by atoms with Gasteiger partial charge in [0, 0.05) is 10.0 Å². The number of halogens is 2. The highest BCUT2D eigenvalue weighted by molar-refractivity contribution is 9.11. The topological polar surface area (TPSA) is 117 Å². The summed E-state index contributed by atoms with van der Waals surface area (Å²) in [6.45, 7) is 0.153. The van der Waals surface area contributed by atoms with E-state index >= 15 is 0 Å². The van der Waals surface area contributed by atoms with Crippen molar-refractivity contribution in [1.82, 2.24) is 4.90 Å². The molecule has 2 heterocycles. The Bertz CT molecular complexity index is 1360. The summed E-state index contributed by atoms with van der Waals surface area (Å²) in [7, 11) is 2.85. The van der Waals surface area contributed by atoms with Gasteiger partial charge in [0.2, 0.25) is 5.75 Å². The van der Waals surface area contributed by atoms with Crippen LogP contribution in [0.3, 0.4) is 0 Å². The summed E-state index contributed by atoms with van der Waals surface area (Å²) in [5.74, 6) is 0.574. The van der Waals surface area contributed by atoms with Crippen LogP contribution in [0.4, 0.5) is 0 Å². The Balaban J connectivity index is 1.69. The molecule has 0 aliphatic carbocycles. The third kappa shape index (κ3) is 5.61. The van der Waals surface area contributed by atoms with Crippen LogP contribution in [0.5, 0.6) is 23.0 Å². The zero-order chi connectivity index (χ0) is 25.8. The lowest BCUT2D eigenvalue weighted by Crippen LogP contribution is -2.28. The Labute approximate surface area is 227 Å². The van der Waals surface area contributed by atoms with Crippen LogP contribution in [0.2, 0.25) is 0 Å². The smallest absolute Gasteiger partial charge is 0.267 e. The van der Waals surface area contributed by atoms with E-state index in [1.54, 1.807) is 42.5 Å². The number of thioether (sulfide) groups is 1. The van der Waals surface area contributed by atoms with E-state index in [1.807, 2.05) is 0 Å². The predicted molar refractivity (Wildman–Crippen MR) is 145 cm³/mol. The number of amidine groups is 1. The number of carbonyl (C=O) groups excluding carboxylic acids is 1. The number of phenols is 2. The molecule has 1 fully saturated rings. The minimum atomic E-state index is -0.301. The Morgan fingerprint density at radius 3 is 2.47 bits per heavy atom. The summed E-state index contributed by atoms with van der Waals surface area (Å²) in [6.07, 6.45) is 4.57. The van der Waals surface area contributed by atoms with Crippen LogP contribution in [-0.4, -0.2) is 46.6 Å². The zero-order valence-electron chi connectivity index (χ0n) is 18.9. The number of phenolic OH excluding ortho intramolecular Hbond substituents is 2. The van der Waals surface area contributed by atoms with Gasteiger partial charge in [0.15, 0.2) is 16.7 Å². The summed E-state index contributed by atoms with van der Waals surface area (Å²) in [5.41, 5.74) is 1.02. The first-order chi connectivity index (χ1) is 17.3. The van der Waals surface area contributed by atoms with Gasteiger partial charge in [0.25, 0.3) is 5.91 Å². The van der Waals surface area contributed by atoms with Crippen LogP contribution in [0.25, 0.3) is 6.08 Å². The average molecular weight is 637 g/mol. The van der Waals surface area contributed by atoms with Gasteiger partial charge in [-0.15, -0.1) is 5.10 Å². The van der Waals surface area contributed by atoms with Gasteiger partial charge >= 0.3 is 0 Å². The number of carbonyl (C=O) groups is 1. The highest BCUT2D eigenvalue weighted by Crippen LogP contribution is 2.40. The third-order valence-corrected chi connectivity index (χ3v) is 7.04. The Kier molecular flexibility index (Phi) is 8.07. The molecule has 1 amide bonds. The summed E-state index contributed by atoms with van der Waals surface area (Å²) in [5, 5.41) is 29.1. The largest absolute Gasteiger partial charge is 0.506 e. The van der Waals surface area contributed by atoms with Crippen molar-refractivity contribution in [1.29, 1.82) is 0 Å². The summed E-state index contributed by atoms with van der Waals surface area (Å²) in [4.78, 5) is 15.1. The number of nitrogens with zero attached hydrogens (tertiary/aromatic N) is 3. The SMILES string of the molecule is COc1cc(/C=C2\S/C(=N/N=C\c3cc(Br)cc(Br)c3O)N(Cc3ccco3)C2=O)cc(OC)c1O. The van der Waals surface area contributed by atoms with Gasteiger partial charge in [-0.25, -0.2) is 0 Å². The molecule has 1 aromatic heterocycles. The molecule has 9 nitrogen and oxygen atoms in total. The Hall–Kier alpha value is -3.22. The lowest BCUT2D eigenvalue weighted by molar-refractivity contribution is -0.122. The standard InChI is InChI=1S/C24H19Br2N3O6S/c1-33-18-6-13(7-19(34-2)22(18)31)8-20-23(32)29(12-16-4-3-5-35-16)24(36-20)28-27-11-14-9-15(25)10-17(26)21(14)30/h3-11,30-31H,12H2,1-2H3/b20-8-,27-11-,28-24+. The molecule has 1 saturated heterocycles. The van der Waals surface area contributed by atoms with Gasteiger partial charge in [-0.05, 0) is 75.7 Å². The molecule has 3 aromatic rings. The molecule has 2 aromatic carbocycles. The monoisotopic (exact) mass is 635 g/mol. The maximum atomic E-state index is 13.3. The average Bonchev–Trinajstić information content (AvgIpc) is 3.47. The van der Waals surface area contributed by atoms with Crippen molar-refractivity contribution in [2.75, 3.05) is 14.2 Å².